The minimum Gasteiger partial charge on any atom is -0.461 e. The van der Waals surface area contributed by atoms with Crippen molar-refractivity contribution in [1.29, 1.82) is 0 Å². The Morgan fingerprint density at radius 2 is 2.08 bits per heavy atom. The van der Waals surface area contributed by atoms with Gasteiger partial charge in [0, 0.05) is 25.0 Å². The van der Waals surface area contributed by atoms with E-state index in [-0.39, 0.29) is 30.1 Å². The van der Waals surface area contributed by atoms with Crippen LogP contribution in [0.4, 0.5) is 0 Å². The van der Waals surface area contributed by atoms with Gasteiger partial charge < -0.3 is 9.73 Å². The van der Waals surface area contributed by atoms with Crippen LogP contribution in [0.1, 0.15) is 62.4 Å². The zero-order chi connectivity index (χ0) is 16.9. The van der Waals surface area contributed by atoms with E-state index in [1.807, 2.05) is 6.92 Å². The van der Waals surface area contributed by atoms with E-state index in [9.17, 15) is 9.59 Å². The van der Waals surface area contributed by atoms with Gasteiger partial charge in [0.15, 0.2) is 11.5 Å². The molecule has 1 aliphatic heterocycles. The first kappa shape index (κ1) is 17.2. The summed E-state index contributed by atoms with van der Waals surface area (Å²) in [6, 6.07) is 3.87. The fourth-order valence-electron chi connectivity index (χ4n) is 4.01. The summed E-state index contributed by atoms with van der Waals surface area (Å²) >= 11 is 0. The lowest BCUT2D eigenvalue weighted by Gasteiger charge is -2.31. The zero-order valence-electron chi connectivity index (χ0n) is 14.5. The molecule has 2 fully saturated rings. The minimum atomic E-state index is -0.168. The zero-order valence-corrected chi connectivity index (χ0v) is 14.5. The third-order valence-corrected chi connectivity index (χ3v) is 5.36. The molecular weight excluding hydrogens is 304 g/mol. The van der Waals surface area contributed by atoms with Crippen LogP contribution < -0.4 is 5.32 Å². The Morgan fingerprint density at radius 3 is 2.79 bits per heavy atom. The molecule has 5 heteroatoms. The second-order valence-electron chi connectivity index (χ2n) is 7.29. The van der Waals surface area contributed by atoms with Crippen LogP contribution in [0.15, 0.2) is 22.8 Å². The average molecular weight is 332 g/mol. The van der Waals surface area contributed by atoms with Crippen LogP contribution in [0.5, 0.6) is 0 Å². The Morgan fingerprint density at radius 1 is 1.29 bits per heavy atom. The van der Waals surface area contributed by atoms with Gasteiger partial charge in [-0.05, 0) is 44.9 Å². The molecule has 2 aliphatic rings. The van der Waals surface area contributed by atoms with Crippen molar-refractivity contribution in [3.63, 3.8) is 0 Å². The number of Topliss-reactive ketones (excluding diaryl/α,β-unsaturated/α-hetero) is 1. The standard InChI is InChI=1S/C19H28N2O3/c1-14(12-17(22)18-8-5-11-24-18)20-19(23)15-9-10-21(13-15)16-6-3-2-4-7-16/h5,8,11,14-16H,2-4,6-7,9-10,12-13H2,1H3,(H,20,23)/t14-,15-/m0/s1. The summed E-state index contributed by atoms with van der Waals surface area (Å²) < 4.78 is 5.11. The Labute approximate surface area is 143 Å². The number of carbonyl (C=O) groups is 2. The van der Waals surface area contributed by atoms with Gasteiger partial charge >= 0.3 is 0 Å². The number of hydrogen-bond acceptors (Lipinski definition) is 4. The number of nitrogens with one attached hydrogen (secondary N) is 1. The highest BCUT2D eigenvalue weighted by Crippen LogP contribution is 2.27. The van der Waals surface area contributed by atoms with Crippen molar-refractivity contribution < 1.29 is 14.0 Å². The van der Waals surface area contributed by atoms with Crippen LogP contribution in [-0.4, -0.2) is 41.8 Å². The summed E-state index contributed by atoms with van der Waals surface area (Å²) in [5, 5.41) is 3.01. The predicted octanol–water partition coefficient (Wildman–Crippen LogP) is 3.01. The van der Waals surface area contributed by atoms with Gasteiger partial charge in [-0.25, -0.2) is 0 Å². The lowest BCUT2D eigenvalue weighted by molar-refractivity contribution is -0.125. The van der Waals surface area contributed by atoms with Crippen LogP contribution in [0.2, 0.25) is 0 Å². The molecule has 1 amide bonds. The van der Waals surface area contributed by atoms with E-state index in [0.717, 1.165) is 19.5 Å². The predicted molar refractivity (Wildman–Crippen MR) is 91.8 cm³/mol. The fourth-order valence-corrected chi connectivity index (χ4v) is 4.01. The molecule has 1 aliphatic carbocycles. The van der Waals surface area contributed by atoms with Crippen LogP contribution in [0, 0.1) is 5.92 Å². The molecule has 0 spiro atoms. The van der Waals surface area contributed by atoms with Crippen LogP contribution in [0.25, 0.3) is 0 Å². The molecule has 1 saturated heterocycles. The molecule has 1 aromatic rings. The van der Waals surface area contributed by atoms with Gasteiger partial charge in [0.05, 0.1) is 12.2 Å². The molecule has 0 radical (unpaired) electrons. The van der Waals surface area contributed by atoms with Crippen LogP contribution in [-0.2, 0) is 4.79 Å². The van der Waals surface area contributed by atoms with E-state index in [0.29, 0.717) is 11.8 Å². The van der Waals surface area contributed by atoms with E-state index in [1.54, 1.807) is 12.1 Å². The first-order valence-corrected chi connectivity index (χ1v) is 9.24. The summed E-state index contributed by atoms with van der Waals surface area (Å²) in [6.07, 6.45) is 9.27. The first-order valence-electron chi connectivity index (χ1n) is 9.24. The van der Waals surface area contributed by atoms with E-state index in [4.69, 9.17) is 4.42 Å². The SMILES string of the molecule is C[C@@H](CC(=O)c1ccco1)NC(=O)[C@H]1CCN(C2CCCCC2)C1. The molecule has 1 saturated carbocycles. The van der Waals surface area contributed by atoms with Gasteiger partial charge in [-0.2, -0.15) is 0 Å². The molecular formula is C19H28N2O3. The van der Waals surface area contributed by atoms with Gasteiger partial charge in [0.25, 0.3) is 0 Å². The summed E-state index contributed by atoms with van der Waals surface area (Å²) in [5.41, 5.74) is 0. The molecule has 0 unspecified atom stereocenters. The number of hydrogen-bond donors (Lipinski definition) is 1. The van der Waals surface area contributed by atoms with Crippen LogP contribution in [0.3, 0.4) is 0 Å². The number of likely N-dealkylation sites (tertiary alicyclic amines) is 1. The maximum Gasteiger partial charge on any atom is 0.224 e. The van der Waals surface area contributed by atoms with Gasteiger partial charge in [-0.1, -0.05) is 19.3 Å². The van der Waals surface area contributed by atoms with Gasteiger partial charge in [-0.3, -0.25) is 14.5 Å². The number of ketones is 1. The number of carbonyl (C=O) groups excluding carboxylic acids is 2. The molecule has 3 rings (SSSR count). The number of rotatable bonds is 6. The molecule has 1 N–H and O–H groups in total. The van der Waals surface area contributed by atoms with Crippen molar-refractivity contribution in [3.05, 3.63) is 24.2 Å². The molecule has 132 valence electrons. The highest BCUT2D eigenvalue weighted by Gasteiger charge is 2.33. The van der Waals surface area contributed by atoms with Gasteiger partial charge in [-0.15, -0.1) is 0 Å². The Kier molecular flexibility index (Phi) is 5.72. The van der Waals surface area contributed by atoms with Crippen LogP contribution >= 0.6 is 0 Å². The van der Waals surface area contributed by atoms with Crippen molar-refractivity contribution >= 4 is 11.7 Å². The van der Waals surface area contributed by atoms with Crippen molar-refractivity contribution in [1.82, 2.24) is 10.2 Å². The van der Waals surface area contributed by atoms with Gasteiger partial charge in [0.2, 0.25) is 5.91 Å². The second-order valence-corrected chi connectivity index (χ2v) is 7.29. The summed E-state index contributed by atoms with van der Waals surface area (Å²) in [7, 11) is 0. The second kappa shape index (κ2) is 7.97. The Balaban J connectivity index is 1.44. The highest BCUT2D eigenvalue weighted by atomic mass is 16.3. The number of furan rings is 1. The molecule has 0 bridgehead atoms. The lowest BCUT2D eigenvalue weighted by atomic mass is 9.94. The molecule has 2 atom stereocenters. The van der Waals surface area contributed by atoms with Crippen molar-refractivity contribution in [2.75, 3.05) is 13.1 Å². The van der Waals surface area contributed by atoms with E-state index in [1.165, 1.54) is 38.4 Å². The fraction of sp³-hybridized carbons (Fsp3) is 0.684. The topological polar surface area (TPSA) is 62.6 Å². The Bertz CT molecular complexity index is 549. The summed E-state index contributed by atoms with van der Waals surface area (Å²) in [6.45, 7) is 3.78. The highest BCUT2D eigenvalue weighted by molar-refractivity contribution is 5.94. The minimum absolute atomic E-state index is 0.0630. The average Bonchev–Trinajstić information content (AvgIpc) is 3.27. The normalized spacial score (nSPS) is 24.0. The molecule has 5 nitrogen and oxygen atoms in total. The van der Waals surface area contributed by atoms with E-state index < -0.39 is 0 Å². The summed E-state index contributed by atoms with van der Waals surface area (Å²) in [4.78, 5) is 27.0. The first-order chi connectivity index (χ1) is 11.6. The van der Waals surface area contributed by atoms with E-state index >= 15 is 0 Å². The number of nitrogens with zero attached hydrogens (tertiary/aromatic N) is 1. The third-order valence-electron chi connectivity index (χ3n) is 5.36. The largest absolute Gasteiger partial charge is 0.461 e. The van der Waals surface area contributed by atoms with Crippen molar-refractivity contribution in [2.45, 2.75) is 64.0 Å². The monoisotopic (exact) mass is 332 g/mol. The molecule has 1 aromatic heterocycles. The van der Waals surface area contributed by atoms with E-state index in [2.05, 4.69) is 10.2 Å². The maximum atomic E-state index is 12.5. The quantitative estimate of drug-likeness (QED) is 0.814. The van der Waals surface area contributed by atoms with Crippen molar-refractivity contribution in [2.24, 2.45) is 5.92 Å². The lowest BCUT2D eigenvalue weighted by Crippen LogP contribution is -2.40. The summed E-state index contributed by atoms with van der Waals surface area (Å²) in [5.74, 6) is 0.449. The molecule has 2 heterocycles. The smallest absolute Gasteiger partial charge is 0.224 e. The maximum absolute atomic E-state index is 12.5. The molecule has 24 heavy (non-hydrogen) atoms. The molecule has 0 aromatic carbocycles. The third kappa shape index (κ3) is 4.26. The van der Waals surface area contributed by atoms with Gasteiger partial charge in [0.1, 0.15) is 0 Å². The Hall–Kier alpha value is -1.62. The number of amides is 1. The van der Waals surface area contributed by atoms with Crippen molar-refractivity contribution in [3.8, 4) is 0 Å².